The Morgan fingerprint density at radius 1 is 1.30 bits per heavy atom. The molecule has 1 fully saturated rings. The van der Waals surface area contributed by atoms with E-state index in [0.29, 0.717) is 23.5 Å². The van der Waals surface area contributed by atoms with E-state index in [-0.39, 0.29) is 18.3 Å². The maximum absolute atomic E-state index is 12.8. The van der Waals surface area contributed by atoms with Crippen molar-refractivity contribution in [3.05, 3.63) is 35.9 Å². The summed E-state index contributed by atoms with van der Waals surface area (Å²) in [4.78, 5) is 14.6. The van der Waals surface area contributed by atoms with Gasteiger partial charge in [0.2, 0.25) is 0 Å². The molecule has 0 saturated carbocycles. The molecule has 0 unspecified atom stereocenters. The SMILES string of the molecule is C=CCc1cc(C(=O)N2CCCNCC2)cc(OC)c1OC.Cl. The number of ether oxygens (including phenoxy) is 2. The van der Waals surface area contributed by atoms with Gasteiger partial charge in [0.05, 0.1) is 14.2 Å². The van der Waals surface area contributed by atoms with Crippen LogP contribution in [0.2, 0.25) is 0 Å². The Hall–Kier alpha value is -1.72. The third-order valence-electron chi connectivity index (χ3n) is 3.79. The Labute approximate surface area is 144 Å². The first-order chi connectivity index (χ1) is 10.7. The average Bonchev–Trinajstić information content (AvgIpc) is 2.82. The number of benzene rings is 1. The van der Waals surface area contributed by atoms with E-state index >= 15 is 0 Å². The fourth-order valence-corrected chi connectivity index (χ4v) is 2.71. The van der Waals surface area contributed by atoms with Crippen LogP contribution in [0, 0.1) is 0 Å². The second-order valence-corrected chi connectivity index (χ2v) is 5.26. The van der Waals surface area contributed by atoms with Crippen molar-refractivity contribution < 1.29 is 14.3 Å². The van der Waals surface area contributed by atoms with E-state index in [9.17, 15) is 4.79 Å². The van der Waals surface area contributed by atoms with Gasteiger partial charge in [-0.1, -0.05) is 6.08 Å². The van der Waals surface area contributed by atoms with E-state index in [0.717, 1.165) is 38.2 Å². The Balaban J connectivity index is 0.00000264. The van der Waals surface area contributed by atoms with E-state index < -0.39 is 0 Å². The number of nitrogens with one attached hydrogen (secondary N) is 1. The summed E-state index contributed by atoms with van der Waals surface area (Å²) in [6.07, 6.45) is 3.39. The maximum Gasteiger partial charge on any atom is 0.254 e. The second-order valence-electron chi connectivity index (χ2n) is 5.26. The number of amides is 1. The zero-order valence-electron chi connectivity index (χ0n) is 13.8. The van der Waals surface area contributed by atoms with Gasteiger partial charge in [0.25, 0.3) is 5.91 Å². The largest absolute Gasteiger partial charge is 0.493 e. The van der Waals surface area contributed by atoms with Crippen molar-refractivity contribution in [2.75, 3.05) is 40.4 Å². The molecule has 0 aliphatic carbocycles. The van der Waals surface area contributed by atoms with Crippen molar-refractivity contribution in [3.63, 3.8) is 0 Å². The third-order valence-corrected chi connectivity index (χ3v) is 3.79. The lowest BCUT2D eigenvalue weighted by molar-refractivity contribution is 0.0766. The highest BCUT2D eigenvalue weighted by molar-refractivity contribution is 5.95. The van der Waals surface area contributed by atoms with Crippen LogP contribution in [0.4, 0.5) is 0 Å². The van der Waals surface area contributed by atoms with Crippen LogP contribution in [-0.2, 0) is 6.42 Å². The number of rotatable bonds is 5. The molecule has 5 nitrogen and oxygen atoms in total. The van der Waals surface area contributed by atoms with Crippen molar-refractivity contribution >= 4 is 18.3 Å². The summed E-state index contributed by atoms with van der Waals surface area (Å²) >= 11 is 0. The van der Waals surface area contributed by atoms with Crippen LogP contribution in [0.15, 0.2) is 24.8 Å². The second kappa shape index (κ2) is 9.43. The van der Waals surface area contributed by atoms with Gasteiger partial charge < -0.3 is 19.7 Å². The van der Waals surface area contributed by atoms with Crippen LogP contribution in [-0.4, -0.2) is 51.2 Å². The molecule has 0 radical (unpaired) electrons. The summed E-state index contributed by atoms with van der Waals surface area (Å²) < 4.78 is 10.8. The first-order valence-corrected chi connectivity index (χ1v) is 7.57. The minimum atomic E-state index is 0. The fraction of sp³-hybridized carbons (Fsp3) is 0.471. The molecule has 2 rings (SSSR count). The van der Waals surface area contributed by atoms with Gasteiger partial charge in [-0.25, -0.2) is 0 Å². The molecule has 0 aromatic heterocycles. The summed E-state index contributed by atoms with van der Waals surface area (Å²) in [6, 6.07) is 3.63. The van der Waals surface area contributed by atoms with Gasteiger partial charge in [-0.05, 0) is 31.5 Å². The topological polar surface area (TPSA) is 50.8 Å². The molecule has 1 aromatic rings. The zero-order chi connectivity index (χ0) is 15.9. The molecule has 128 valence electrons. The number of nitrogens with zero attached hydrogens (tertiary/aromatic N) is 1. The number of carbonyl (C=O) groups is 1. The summed E-state index contributed by atoms with van der Waals surface area (Å²) in [7, 11) is 3.19. The summed E-state index contributed by atoms with van der Waals surface area (Å²) in [6.45, 7) is 7.05. The van der Waals surface area contributed by atoms with Crippen molar-refractivity contribution in [1.82, 2.24) is 10.2 Å². The van der Waals surface area contributed by atoms with Gasteiger partial charge in [0.1, 0.15) is 0 Å². The van der Waals surface area contributed by atoms with Gasteiger partial charge in [0, 0.05) is 30.8 Å². The number of hydrogen-bond donors (Lipinski definition) is 1. The van der Waals surface area contributed by atoms with E-state index in [1.807, 2.05) is 11.0 Å². The van der Waals surface area contributed by atoms with E-state index in [1.54, 1.807) is 26.4 Å². The quantitative estimate of drug-likeness (QED) is 0.836. The predicted molar refractivity (Wildman–Crippen MR) is 94.1 cm³/mol. The molecular weight excluding hydrogens is 316 g/mol. The molecule has 23 heavy (non-hydrogen) atoms. The smallest absolute Gasteiger partial charge is 0.254 e. The van der Waals surface area contributed by atoms with Crippen LogP contribution in [0.5, 0.6) is 11.5 Å². The minimum absolute atomic E-state index is 0. The zero-order valence-corrected chi connectivity index (χ0v) is 14.6. The lowest BCUT2D eigenvalue weighted by atomic mass is 10.0. The summed E-state index contributed by atoms with van der Waals surface area (Å²) in [5.41, 5.74) is 1.55. The number of hydrogen-bond acceptors (Lipinski definition) is 4. The standard InChI is InChI=1S/C17H24N2O3.ClH/c1-4-6-13-11-14(12-15(21-2)16(13)22-3)17(20)19-9-5-7-18-8-10-19;/h4,11-12,18H,1,5-10H2,2-3H3;1H. The molecule has 0 atom stereocenters. The molecule has 1 N–H and O–H groups in total. The van der Waals surface area contributed by atoms with Crippen LogP contribution in [0.1, 0.15) is 22.3 Å². The molecule has 6 heteroatoms. The van der Waals surface area contributed by atoms with Crippen molar-refractivity contribution in [1.29, 1.82) is 0 Å². The Morgan fingerprint density at radius 3 is 2.74 bits per heavy atom. The fourth-order valence-electron chi connectivity index (χ4n) is 2.71. The Bertz CT molecular complexity index is 541. The monoisotopic (exact) mass is 340 g/mol. The maximum atomic E-state index is 12.8. The van der Waals surface area contributed by atoms with Crippen LogP contribution in [0.25, 0.3) is 0 Å². The number of carbonyl (C=O) groups excluding carboxylic acids is 1. The van der Waals surface area contributed by atoms with Crippen molar-refractivity contribution in [2.24, 2.45) is 0 Å². The van der Waals surface area contributed by atoms with Gasteiger partial charge in [-0.3, -0.25) is 4.79 Å². The Morgan fingerprint density at radius 2 is 2.09 bits per heavy atom. The first-order valence-electron chi connectivity index (χ1n) is 7.57. The predicted octanol–water partition coefficient (Wildman–Crippen LogP) is 2.29. The minimum Gasteiger partial charge on any atom is -0.493 e. The summed E-state index contributed by atoms with van der Waals surface area (Å²) in [5.74, 6) is 1.28. The van der Waals surface area contributed by atoms with Gasteiger partial charge in [0.15, 0.2) is 11.5 Å². The molecule has 1 heterocycles. The van der Waals surface area contributed by atoms with Gasteiger partial charge >= 0.3 is 0 Å². The first kappa shape index (κ1) is 19.3. The van der Waals surface area contributed by atoms with E-state index in [2.05, 4.69) is 11.9 Å². The molecule has 0 spiro atoms. The highest BCUT2D eigenvalue weighted by Gasteiger charge is 2.20. The van der Waals surface area contributed by atoms with Crippen molar-refractivity contribution in [2.45, 2.75) is 12.8 Å². The molecule has 0 bridgehead atoms. The van der Waals surface area contributed by atoms with Crippen LogP contribution in [0.3, 0.4) is 0 Å². The normalized spacial score (nSPS) is 14.4. The average molecular weight is 341 g/mol. The van der Waals surface area contributed by atoms with Gasteiger partial charge in [-0.15, -0.1) is 19.0 Å². The highest BCUT2D eigenvalue weighted by atomic mass is 35.5. The van der Waals surface area contributed by atoms with Crippen LogP contribution >= 0.6 is 12.4 Å². The molecule has 1 saturated heterocycles. The van der Waals surface area contributed by atoms with Gasteiger partial charge in [-0.2, -0.15) is 0 Å². The van der Waals surface area contributed by atoms with E-state index in [1.165, 1.54) is 0 Å². The molecule has 1 amide bonds. The number of halogens is 1. The lowest BCUT2D eigenvalue weighted by Gasteiger charge is -2.21. The Kier molecular flexibility index (Phi) is 7.92. The highest BCUT2D eigenvalue weighted by Crippen LogP contribution is 2.33. The van der Waals surface area contributed by atoms with Crippen molar-refractivity contribution in [3.8, 4) is 11.5 Å². The van der Waals surface area contributed by atoms with Crippen LogP contribution < -0.4 is 14.8 Å². The van der Waals surface area contributed by atoms with E-state index in [4.69, 9.17) is 9.47 Å². The molecule has 1 aromatic carbocycles. The lowest BCUT2D eigenvalue weighted by Crippen LogP contribution is -2.34. The summed E-state index contributed by atoms with van der Waals surface area (Å²) in [5, 5.41) is 3.30. The molecule has 1 aliphatic heterocycles. The number of methoxy groups -OCH3 is 2. The number of allylic oxidation sites excluding steroid dienone is 1. The molecule has 1 aliphatic rings. The molecular formula is C17H25ClN2O3. The third kappa shape index (κ3) is 4.62.